The van der Waals surface area contributed by atoms with Crippen LogP contribution < -0.4 is 4.90 Å². The molecule has 6 heteroatoms. The van der Waals surface area contributed by atoms with Gasteiger partial charge >= 0.3 is 0 Å². The minimum absolute atomic E-state index is 0.196. The molecule has 0 unspecified atom stereocenters. The molecule has 0 bridgehead atoms. The topological polar surface area (TPSA) is 52.2 Å². The van der Waals surface area contributed by atoms with Crippen LogP contribution in [0.2, 0.25) is 0 Å². The zero-order valence-electron chi connectivity index (χ0n) is 14.4. The molecule has 1 aliphatic rings. The number of carbonyl (C=O) groups excluding carboxylic acids is 1. The van der Waals surface area contributed by atoms with Crippen molar-refractivity contribution in [2.75, 3.05) is 37.6 Å². The van der Waals surface area contributed by atoms with Crippen molar-refractivity contribution in [2.45, 2.75) is 13.3 Å². The number of H-pyrrole nitrogens is 1. The number of carbonyl (C=O) groups is 1. The number of para-hydroxylation sites is 1. The first-order valence-electron chi connectivity index (χ1n) is 8.75. The molecule has 0 aliphatic carbocycles. The third kappa shape index (κ3) is 3.19. The number of hydrogen-bond donors (Lipinski definition) is 1. The Kier molecular flexibility index (Phi) is 4.55. The molecule has 1 N–H and O–H groups in total. The molecule has 0 radical (unpaired) electrons. The summed E-state index contributed by atoms with van der Waals surface area (Å²) in [6, 6.07) is 6.20. The largest absolute Gasteiger partial charge is 0.360 e. The van der Waals surface area contributed by atoms with E-state index in [1.54, 1.807) is 11.3 Å². The van der Waals surface area contributed by atoms with Crippen LogP contribution in [-0.4, -0.2) is 53.4 Å². The van der Waals surface area contributed by atoms with Crippen molar-refractivity contribution in [1.29, 1.82) is 0 Å². The van der Waals surface area contributed by atoms with Crippen molar-refractivity contribution in [3.8, 4) is 0 Å². The maximum atomic E-state index is 12.8. The molecular weight excluding hydrogens is 332 g/mol. The molecule has 3 heterocycles. The number of aryl methyl sites for hydroxylation is 1. The Hall–Kier alpha value is -2.18. The van der Waals surface area contributed by atoms with Gasteiger partial charge in [0, 0.05) is 60.4 Å². The fourth-order valence-corrected chi connectivity index (χ4v) is 4.20. The Bertz CT molecular complexity index is 863. The zero-order chi connectivity index (χ0) is 17.2. The van der Waals surface area contributed by atoms with Crippen LogP contribution in [-0.2, 0) is 6.42 Å². The summed E-state index contributed by atoms with van der Waals surface area (Å²) in [6.07, 6.45) is 4.68. The number of nitrogens with zero attached hydrogens (tertiary/aromatic N) is 3. The summed E-state index contributed by atoms with van der Waals surface area (Å²) in [5.41, 5.74) is 3.17. The lowest BCUT2D eigenvalue weighted by atomic mass is 10.0. The molecule has 0 amide bonds. The molecule has 130 valence electrons. The lowest BCUT2D eigenvalue weighted by Gasteiger charge is -2.34. The number of aromatic nitrogens is 2. The molecular formula is C19H22N4OS. The van der Waals surface area contributed by atoms with E-state index >= 15 is 0 Å². The fraction of sp³-hybridized carbons (Fsp3) is 0.368. The smallest absolute Gasteiger partial charge is 0.185 e. The van der Waals surface area contributed by atoms with Gasteiger partial charge in [0.2, 0.25) is 0 Å². The Morgan fingerprint density at radius 1 is 1.28 bits per heavy atom. The SMILES string of the molecule is CCc1cccc2c(C(=O)CN3CCN(c4nccs4)CC3)c[nH]c12. The standard InChI is InChI=1S/C19H22N4OS/c1-2-14-4-3-5-15-16(12-21-18(14)15)17(24)13-22-7-9-23(10-8-22)19-20-6-11-25-19/h3-6,11-12,21H,2,7-10,13H2,1H3. The molecule has 25 heavy (non-hydrogen) atoms. The highest BCUT2D eigenvalue weighted by atomic mass is 32.1. The molecule has 1 saturated heterocycles. The van der Waals surface area contributed by atoms with Crippen LogP contribution in [0.25, 0.3) is 10.9 Å². The number of piperazine rings is 1. The molecule has 1 aliphatic heterocycles. The highest BCUT2D eigenvalue weighted by molar-refractivity contribution is 7.13. The third-order valence-corrected chi connectivity index (χ3v) is 5.74. The van der Waals surface area contributed by atoms with Crippen molar-refractivity contribution in [3.05, 3.63) is 47.1 Å². The molecule has 4 rings (SSSR count). The van der Waals surface area contributed by atoms with E-state index in [0.29, 0.717) is 6.54 Å². The average molecular weight is 354 g/mol. The number of nitrogens with one attached hydrogen (secondary N) is 1. The molecule has 5 nitrogen and oxygen atoms in total. The number of hydrogen-bond acceptors (Lipinski definition) is 5. The number of thiazole rings is 1. The van der Waals surface area contributed by atoms with Crippen molar-refractivity contribution in [1.82, 2.24) is 14.9 Å². The first-order chi connectivity index (χ1) is 12.3. The second-order valence-electron chi connectivity index (χ2n) is 6.40. The Balaban J connectivity index is 1.43. The number of ketones is 1. The Labute approximate surface area is 151 Å². The van der Waals surface area contributed by atoms with Crippen LogP contribution in [0.5, 0.6) is 0 Å². The molecule has 0 spiro atoms. The maximum Gasteiger partial charge on any atom is 0.185 e. The minimum atomic E-state index is 0.196. The van der Waals surface area contributed by atoms with E-state index in [0.717, 1.165) is 54.2 Å². The average Bonchev–Trinajstić information content (AvgIpc) is 3.31. The number of rotatable bonds is 5. The van der Waals surface area contributed by atoms with Gasteiger partial charge in [0.15, 0.2) is 10.9 Å². The molecule has 2 aromatic heterocycles. The summed E-state index contributed by atoms with van der Waals surface area (Å²) in [7, 11) is 0. The van der Waals surface area contributed by atoms with Gasteiger partial charge in [-0.3, -0.25) is 9.69 Å². The highest BCUT2D eigenvalue weighted by Crippen LogP contribution is 2.23. The van der Waals surface area contributed by atoms with Gasteiger partial charge in [0.05, 0.1) is 6.54 Å². The lowest BCUT2D eigenvalue weighted by molar-refractivity contribution is 0.0928. The van der Waals surface area contributed by atoms with Crippen LogP contribution >= 0.6 is 11.3 Å². The number of anilines is 1. The first-order valence-corrected chi connectivity index (χ1v) is 9.63. The van der Waals surface area contributed by atoms with Crippen LogP contribution in [0.4, 0.5) is 5.13 Å². The monoisotopic (exact) mass is 354 g/mol. The summed E-state index contributed by atoms with van der Waals surface area (Å²) >= 11 is 1.67. The van der Waals surface area contributed by atoms with E-state index in [1.807, 2.05) is 29.9 Å². The number of Topliss-reactive ketones (excluding diaryl/α,β-unsaturated/α-hetero) is 1. The second kappa shape index (κ2) is 6.98. The number of benzene rings is 1. The van der Waals surface area contributed by atoms with Gasteiger partial charge in [0.25, 0.3) is 0 Å². The van der Waals surface area contributed by atoms with Crippen LogP contribution in [0.15, 0.2) is 36.0 Å². The first kappa shape index (κ1) is 16.3. The molecule has 1 aromatic carbocycles. The lowest BCUT2D eigenvalue weighted by Crippen LogP contribution is -2.47. The van der Waals surface area contributed by atoms with Gasteiger partial charge in [-0.05, 0) is 12.0 Å². The van der Waals surface area contributed by atoms with Gasteiger partial charge in [-0.25, -0.2) is 4.98 Å². The van der Waals surface area contributed by atoms with Crippen molar-refractivity contribution >= 4 is 33.2 Å². The van der Waals surface area contributed by atoms with Gasteiger partial charge in [-0.1, -0.05) is 25.1 Å². The fourth-order valence-electron chi connectivity index (χ4n) is 3.50. The number of fused-ring (bicyclic) bond motifs is 1. The summed E-state index contributed by atoms with van der Waals surface area (Å²) in [5, 5.41) is 4.13. The van der Waals surface area contributed by atoms with Crippen molar-refractivity contribution in [3.63, 3.8) is 0 Å². The predicted octanol–water partition coefficient (Wildman–Crippen LogP) is 3.19. The number of aromatic amines is 1. The maximum absolute atomic E-state index is 12.8. The van der Waals surface area contributed by atoms with Crippen molar-refractivity contribution < 1.29 is 4.79 Å². The molecule has 0 atom stereocenters. The summed E-state index contributed by atoms with van der Waals surface area (Å²) in [4.78, 5) is 25.0. The summed E-state index contributed by atoms with van der Waals surface area (Å²) in [5.74, 6) is 0.196. The van der Waals surface area contributed by atoms with Gasteiger partial charge in [0.1, 0.15) is 0 Å². The van der Waals surface area contributed by atoms with E-state index in [2.05, 4.69) is 32.8 Å². The predicted molar refractivity (Wildman–Crippen MR) is 103 cm³/mol. The quantitative estimate of drug-likeness (QED) is 0.715. The zero-order valence-corrected chi connectivity index (χ0v) is 15.2. The Morgan fingerprint density at radius 2 is 2.12 bits per heavy atom. The van der Waals surface area contributed by atoms with E-state index in [-0.39, 0.29) is 5.78 Å². The van der Waals surface area contributed by atoms with Crippen molar-refractivity contribution in [2.24, 2.45) is 0 Å². The third-order valence-electron chi connectivity index (χ3n) is 4.91. The van der Waals surface area contributed by atoms with Gasteiger partial charge < -0.3 is 9.88 Å². The summed E-state index contributed by atoms with van der Waals surface area (Å²) in [6.45, 7) is 6.26. The molecule has 0 saturated carbocycles. The second-order valence-corrected chi connectivity index (χ2v) is 7.27. The molecule has 1 fully saturated rings. The van der Waals surface area contributed by atoms with E-state index < -0.39 is 0 Å². The van der Waals surface area contributed by atoms with Crippen LogP contribution in [0, 0.1) is 0 Å². The van der Waals surface area contributed by atoms with E-state index in [9.17, 15) is 4.79 Å². The normalized spacial score (nSPS) is 15.8. The minimum Gasteiger partial charge on any atom is -0.360 e. The van der Waals surface area contributed by atoms with Crippen LogP contribution in [0.1, 0.15) is 22.8 Å². The van der Waals surface area contributed by atoms with Gasteiger partial charge in [-0.2, -0.15) is 0 Å². The Morgan fingerprint density at radius 3 is 2.84 bits per heavy atom. The highest BCUT2D eigenvalue weighted by Gasteiger charge is 2.22. The molecule has 3 aromatic rings. The van der Waals surface area contributed by atoms with Crippen LogP contribution in [0.3, 0.4) is 0 Å². The van der Waals surface area contributed by atoms with Gasteiger partial charge in [-0.15, -0.1) is 11.3 Å². The van der Waals surface area contributed by atoms with E-state index in [4.69, 9.17) is 0 Å². The summed E-state index contributed by atoms with van der Waals surface area (Å²) < 4.78 is 0. The van der Waals surface area contributed by atoms with E-state index in [1.165, 1.54) is 5.56 Å².